The maximum absolute atomic E-state index is 12.3. The highest BCUT2D eigenvalue weighted by atomic mass is 35.5. The predicted octanol–water partition coefficient (Wildman–Crippen LogP) is 3.13. The summed E-state index contributed by atoms with van der Waals surface area (Å²) in [4.78, 5) is 14.6. The van der Waals surface area contributed by atoms with Gasteiger partial charge in [-0.1, -0.05) is 18.0 Å². The summed E-state index contributed by atoms with van der Waals surface area (Å²) in [6, 6.07) is 5.76. The van der Waals surface area contributed by atoms with Crippen molar-refractivity contribution in [3.63, 3.8) is 0 Å². The Hall–Kier alpha value is -1.26. The summed E-state index contributed by atoms with van der Waals surface area (Å²) in [6.45, 7) is 1.49. The zero-order valence-corrected chi connectivity index (χ0v) is 12.9. The van der Waals surface area contributed by atoms with Crippen LogP contribution in [0.1, 0.15) is 32.1 Å². The van der Waals surface area contributed by atoms with Gasteiger partial charge in [0.1, 0.15) is 0 Å². The number of likely N-dealkylation sites (tertiary alicyclic amines) is 1. The van der Waals surface area contributed by atoms with Gasteiger partial charge in [-0.15, -0.1) is 0 Å². The van der Waals surface area contributed by atoms with Gasteiger partial charge in [0.25, 0.3) is 0 Å². The number of fused-ring (bicyclic) bond motifs is 1. The highest BCUT2D eigenvalue weighted by Crippen LogP contribution is 2.36. The lowest BCUT2D eigenvalue weighted by Crippen LogP contribution is -2.46. The Bertz CT molecular complexity index is 534. The van der Waals surface area contributed by atoms with Crippen molar-refractivity contribution in [2.24, 2.45) is 5.92 Å². The molecule has 0 spiro atoms. The summed E-state index contributed by atoms with van der Waals surface area (Å²) in [7, 11) is 0. The predicted molar refractivity (Wildman–Crippen MR) is 86.4 cm³/mol. The maximum atomic E-state index is 12.3. The lowest BCUT2D eigenvalue weighted by atomic mass is 9.92. The summed E-state index contributed by atoms with van der Waals surface area (Å²) in [6.07, 6.45) is 6.40. The minimum atomic E-state index is 0.00854. The first-order valence-corrected chi connectivity index (χ1v) is 8.10. The molecule has 1 amide bonds. The second kappa shape index (κ2) is 6.24. The third-order valence-electron chi connectivity index (χ3n) is 4.72. The first-order valence-electron chi connectivity index (χ1n) is 7.72. The third-order valence-corrected chi connectivity index (χ3v) is 5.03. The molecule has 2 unspecified atom stereocenters. The fraction of sp³-hybridized carbons (Fsp3) is 0.562. The average molecular weight is 308 g/mol. The van der Waals surface area contributed by atoms with E-state index < -0.39 is 0 Å². The van der Waals surface area contributed by atoms with Crippen LogP contribution in [0, 0.1) is 5.92 Å². The highest BCUT2D eigenvalue weighted by Gasteiger charge is 2.35. The molecule has 0 aromatic heterocycles. The van der Waals surface area contributed by atoms with E-state index in [1.165, 1.54) is 32.1 Å². The van der Waals surface area contributed by atoms with E-state index in [1.807, 2.05) is 0 Å². The summed E-state index contributed by atoms with van der Waals surface area (Å²) >= 11 is 6.10. The second-order valence-corrected chi connectivity index (χ2v) is 6.57. The molecule has 4 nitrogen and oxygen atoms in total. The molecular weight excluding hydrogens is 286 g/mol. The molecule has 1 saturated carbocycles. The topological polar surface area (TPSA) is 58.4 Å². The number of nitrogens with one attached hydrogen (secondary N) is 1. The van der Waals surface area contributed by atoms with Crippen LogP contribution >= 0.6 is 11.6 Å². The summed E-state index contributed by atoms with van der Waals surface area (Å²) in [5.41, 5.74) is 6.90. The molecule has 2 aliphatic rings. The molecule has 3 rings (SSSR count). The van der Waals surface area contributed by atoms with E-state index in [2.05, 4.69) is 10.2 Å². The molecule has 1 saturated heterocycles. The van der Waals surface area contributed by atoms with Crippen LogP contribution in [0.2, 0.25) is 5.02 Å². The zero-order chi connectivity index (χ0) is 14.8. The van der Waals surface area contributed by atoms with E-state index in [4.69, 9.17) is 17.3 Å². The Morgan fingerprint density at radius 1 is 1.33 bits per heavy atom. The van der Waals surface area contributed by atoms with Gasteiger partial charge in [0.05, 0.1) is 17.3 Å². The number of piperidine rings is 1. The largest absolute Gasteiger partial charge is 0.399 e. The first-order chi connectivity index (χ1) is 10.1. The highest BCUT2D eigenvalue weighted by molar-refractivity contribution is 6.34. The van der Waals surface area contributed by atoms with Crippen LogP contribution in [0.15, 0.2) is 18.2 Å². The minimum Gasteiger partial charge on any atom is -0.399 e. The Morgan fingerprint density at radius 2 is 2.14 bits per heavy atom. The number of amides is 1. The number of carbonyl (C=O) groups excluding carboxylic acids is 1. The second-order valence-electron chi connectivity index (χ2n) is 6.16. The number of anilines is 2. The standard InChI is InChI=1S/C16H22ClN3O/c17-13-9-12(18)6-7-14(13)19-16(21)10-20-8-2-4-11-3-1-5-15(11)20/h6-7,9,11,15H,1-5,8,10,18H2,(H,19,21). The molecule has 2 fully saturated rings. The van der Waals surface area contributed by atoms with E-state index >= 15 is 0 Å². The fourth-order valence-corrected chi connectivity index (χ4v) is 4.00. The van der Waals surface area contributed by atoms with Crippen molar-refractivity contribution in [3.05, 3.63) is 23.2 Å². The van der Waals surface area contributed by atoms with Crippen LogP contribution in [0.4, 0.5) is 11.4 Å². The number of hydrogen-bond donors (Lipinski definition) is 2. The van der Waals surface area contributed by atoms with Crippen LogP contribution in [-0.2, 0) is 4.79 Å². The molecule has 5 heteroatoms. The van der Waals surface area contributed by atoms with Crippen LogP contribution < -0.4 is 11.1 Å². The molecule has 114 valence electrons. The number of carbonyl (C=O) groups is 1. The summed E-state index contributed by atoms with van der Waals surface area (Å²) in [5.74, 6) is 0.806. The van der Waals surface area contributed by atoms with Gasteiger partial charge in [-0.3, -0.25) is 9.69 Å². The summed E-state index contributed by atoms with van der Waals surface area (Å²) < 4.78 is 0. The van der Waals surface area contributed by atoms with Crippen molar-refractivity contribution < 1.29 is 4.79 Å². The molecule has 0 bridgehead atoms. The number of hydrogen-bond acceptors (Lipinski definition) is 3. The number of nitrogens with two attached hydrogens (primary N) is 1. The number of benzene rings is 1. The van der Waals surface area contributed by atoms with Crippen molar-refractivity contribution >= 4 is 28.9 Å². The quantitative estimate of drug-likeness (QED) is 0.844. The normalized spacial score (nSPS) is 25.6. The zero-order valence-electron chi connectivity index (χ0n) is 12.1. The number of halogens is 1. The van der Waals surface area contributed by atoms with Gasteiger partial charge in [-0.2, -0.15) is 0 Å². The van der Waals surface area contributed by atoms with Gasteiger partial charge in [-0.05, 0) is 56.3 Å². The van der Waals surface area contributed by atoms with Crippen molar-refractivity contribution in [2.45, 2.75) is 38.1 Å². The smallest absolute Gasteiger partial charge is 0.238 e. The molecular formula is C16H22ClN3O. The molecule has 0 radical (unpaired) electrons. The minimum absolute atomic E-state index is 0.00854. The maximum Gasteiger partial charge on any atom is 0.238 e. The molecule has 21 heavy (non-hydrogen) atoms. The number of nitrogen functional groups attached to an aromatic ring is 1. The third kappa shape index (κ3) is 3.33. The van der Waals surface area contributed by atoms with Gasteiger partial charge in [0, 0.05) is 11.7 Å². The van der Waals surface area contributed by atoms with E-state index in [-0.39, 0.29) is 5.91 Å². The van der Waals surface area contributed by atoms with Crippen LogP contribution in [0.5, 0.6) is 0 Å². The van der Waals surface area contributed by atoms with Gasteiger partial charge in [0.15, 0.2) is 0 Å². The SMILES string of the molecule is Nc1ccc(NC(=O)CN2CCCC3CCCC32)c(Cl)c1. The van der Waals surface area contributed by atoms with E-state index in [0.717, 1.165) is 12.5 Å². The Morgan fingerprint density at radius 3 is 2.95 bits per heavy atom. The van der Waals surface area contributed by atoms with Gasteiger partial charge in [0.2, 0.25) is 5.91 Å². The van der Waals surface area contributed by atoms with Crippen LogP contribution in [0.3, 0.4) is 0 Å². The molecule has 1 aliphatic carbocycles. The lowest BCUT2D eigenvalue weighted by Gasteiger charge is -2.37. The average Bonchev–Trinajstić information content (AvgIpc) is 2.91. The van der Waals surface area contributed by atoms with Gasteiger partial charge < -0.3 is 11.1 Å². The van der Waals surface area contributed by atoms with Crippen molar-refractivity contribution in [1.82, 2.24) is 4.90 Å². The number of nitrogens with zero attached hydrogens (tertiary/aromatic N) is 1. The molecule has 1 aromatic rings. The Kier molecular flexibility index (Phi) is 4.36. The molecule has 3 N–H and O–H groups in total. The monoisotopic (exact) mass is 307 g/mol. The van der Waals surface area contributed by atoms with Crippen LogP contribution in [-0.4, -0.2) is 29.9 Å². The van der Waals surface area contributed by atoms with Gasteiger partial charge >= 0.3 is 0 Å². The lowest BCUT2D eigenvalue weighted by molar-refractivity contribution is -0.118. The summed E-state index contributed by atoms with van der Waals surface area (Å²) in [5, 5.41) is 3.38. The Balaban J connectivity index is 1.61. The molecule has 1 aliphatic heterocycles. The fourth-order valence-electron chi connectivity index (χ4n) is 3.76. The van der Waals surface area contributed by atoms with Crippen molar-refractivity contribution in [2.75, 3.05) is 24.1 Å². The van der Waals surface area contributed by atoms with E-state index in [0.29, 0.717) is 29.0 Å². The molecule has 2 atom stereocenters. The molecule has 1 aromatic carbocycles. The first kappa shape index (κ1) is 14.7. The van der Waals surface area contributed by atoms with Gasteiger partial charge in [-0.25, -0.2) is 0 Å². The van der Waals surface area contributed by atoms with Crippen molar-refractivity contribution in [1.29, 1.82) is 0 Å². The molecule has 1 heterocycles. The van der Waals surface area contributed by atoms with E-state index in [9.17, 15) is 4.79 Å². The number of rotatable bonds is 3. The Labute approximate surface area is 130 Å². The van der Waals surface area contributed by atoms with E-state index in [1.54, 1.807) is 18.2 Å². The van der Waals surface area contributed by atoms with Crippen molar-refractivity contribution in [3.8, 4) is 0 Å². The van der Waals surface area contributed by atoms with Crippen LogP contribution in [0.25, 0.3) is 0 Å².